The molecule has 0 unspecified atom stereocenters. The van der Waals surface area contributed by atoms with Crippen LogP contribution >= 0.6 is 0 Å². The summed E-state index contributed by atoms with van der Waals surface area (Å²) < 4.78 is 32.3. The van der Waals surface area contributed by atoms with Crippen molar-refractivity contribution in [3.63, 3.8) is 0 Å². The number of fused-ring (bicyclic) bond motifs is 1. The first-order valence-corrected chi connectivity index (χ1v) is 9.13. The van der Waals surface area contributed by atoms with Crippen LogP contribution in [-0.4, -0.2) is 38.8 Å². The highest BCUT2D eigenvalue weighted by molar-refractivity contribution is 7.89. The van der Waals surface area contributed by atoms with Gasteiger partial charge in [-0.25, -0.2) is 17.9 Å². The van der Waals surface area contributed by atoms with Crippen LogP contribution in [0.3, 0.4) is 0 Å². The molecule has 8 heteroatoms. The number of unbranched alkanes of at least 4 members (excludes halogenated alkanes) is 2. The highest BCUT2D eigenvalue weighted by Crippen LogP contribution is 2.27. The predicted octanol–water partition coefficient (Wildman–Crippen LogP) is 1.54. The van der Waals surface area contributed by atoms with Gasteiger partial charge < -0.3 is 15.2 Å². The molecule has 0 saturated carbocycles. The molecular weight excluding hydrogens is 332 g/mol. The van der Waals surface area contributed by atoms with Gasteiger partial charge in [-0.3, -0.25) is 0 Å². The highest BCUT2D eigenvalue weighted by Gasteiger charge is 2.25. The van der Waals surface area contributed by atoms with Crippen LogP contribution in [0.1, 0.15) is 31.7 Å². The number of carbonyl (C=O) groups is 1. The Bertz CT molecular complexity index is 764. The van der Waals surface area contributed by atoms with E-state index in [1.807, 2.05) is 0 Å². The third-order valence-corrected chi connectivity index (χ3v) is 4.82. The lowest BCUT2D eigenvalue weighted by Crippen LogP contribution is -2.29. The maximum Gasteiger partial charge on any atom is 0.404 e. The first-order chi connectivity index (χ1) is 11.4. The summed E-state index contributed by atoms with van der Waals surface area (Å²) in [6.45, 7) is 2.43. The number of amides is 1. The second-order valence-corrected chi connectivity index (χ2v) is 7.17. The smallest absolute Gasteiger partial charge is 0.404 e. The molecule has 1 aliphatic rings. The zero-order chi connectivity index (χ0) is 17.6. The molecule has 0 spiro atoms. The van der Waals surface area contributed by atoms with Crippen LogP contribution < -0.4 is 14.8 Å². The molecule has 1 atom stereocenters. The topological polar surface area (TPSA) is 105 Å². The zero-order valence-corrected chi connectivity index (χ0v) is 14.1. The first kappa shape index (κ1) is 18.1. The molecule has 0 bridgehead atoms. The Balaban J connectivity index is 1.99. The number of hydrogen-bond acceptors (Lipinski definition) is 4. The minimum absolute atomic E-state index is 0.122. The van der Waals surface area contributed by atoms with Crippen LogP contribution in [0.2, 0.25) is 0 Å². The zero-order valence-electron chi connectivity index (χ0n) is 13.3. The Morgan fingerprint density at radius 1 is 1.46 bits per heavy atom. The van der Waals surface area contributed by atoms with Gasteiger partial charge in [0.1, 0.15) is 16.7 Å². The SMILES string of the molecule is C[C@@H]1CNS(=O)(=O)c2ccc(C#CCCCCNC(=O)O)cc2O1. The molecular formula is C16H20N2O5S. The number of rotatable bonds is 4. The fourth-order valence-corrected chi connectivity index (χ4v) is 3.39. The average molecular weight is 352 g/mol. The predicted molar refractivity (Wildman–Crippen MR) is 88.5 cm³/mol. The molecule has 1 amide bonds. The van der Waals surface area contributed by atoms with Crippen molar-refractivity contribution in [2.24, 2.45) is 0 Å². The summed E-state index contributed by atoms with van der Waals surface area (Å²) in [5.41, 5.74) is 0.682. The number of ether oxygens (including phenoxy) is 1. The standard InChI is InChI=1S/C16H20N2O5S/c1-12-11-18-24(21,22)15-8-7-13(10-14(15)23-12)6-4-2-3-5-9-17-16(19)20/h7-8,10,12,17-18H,2-3,5,9,11H2,1H3,(H,19,20)/t12-/m1/s1. The maximum atomic E-state index is 12.1. The van der Waals surface area contributed by atoms with Crippen molar-refractivity contribution < 1.29 is 23.1 Å². The van der Waals surface area contributed by atoms with Crippen LogP contribution in [0.5, 0.6) is 5.75 Å². The van der Waals surface area contributed by atoms with E-state index in [2.05, 4.69) is 21.9 Å². The van der Waals surface area contributed by atoms with E-state index in [-0.39, 0.29) is 17.5 Å². The van der Waals surface area contributed by atoms with Crippen molar-refractivity contribution in [3.05, 3.63) is 23.8 Å². The number of hydrogen-bond donors (Lipinski definition) is 3. The van der Waals surface area contributed by atoms with Gasteiger partial charge in [0.05, 0.1) is 0 Å². The number of benzene rings is 1. The third kappa shape index (κ3) is 5.15. The van der Waals surface area contributed by atoms with E-state index < -0.39 is 16.1 Å². The van der Waals surface area contributed by atoms with E-state index in [4.69, 9.17) is 9.84 Å². The van der Waals surface area contributed by atoms with Gasteiger partial charge in [0.15, 0.2) is 0 Å². The van der Waals surface area contributed by atoms with Gasteiger partial charge in [-0.2, -0.15) is 0 Å². The van der Waals surface area contributed by atoms with Crippen molar-refractivity contribution in [2.45, 2.75) is 37.2 Å². The quantitative estimate of drug-likeness (QED) is 0.563. The van der Waals surface area contributed by atoms with E-state index in [0.717, 1.165) is 12.8 Å². The third-order valence-electron chi connectivity index (χ3n) is 3.36. The molecule has 0 aromatic heterocycles. The summed E-state index contributed by atoms with van der Waals surface area (Å²) in [6, 6.07) is 4.78. The van der Waals surface area contributed by atoms with Crippen LogP contribution in [0.25, 0.3) is 0 Å². The fourth-order valence-electron chi connectivity index (χ4n) is 2.16. The Hall–Kier alpha value is -2.24. The lowest BCUT2D eigenvalue weighted by molar-refractivity contribution is 0.194. The molecule has 0 saturated heterocycles. The Morgan fingerprint density at radius 2 is 2.25 bits per heavy atom. The molecule has 7 nitrogen and oxygen atoms in total. The van der Waals surface area contributed by atoms with Crippen LogP contribution in [0.4, 0.5) is 4.79 Å². The summed E-state index contributed by atoms with van der Waals surface area (Å²) in [5, 5.41) is 10.7. The van der Waals surface area contributed by atoms with Gasteiger partial charge in [0.2, 0.25) is 10.0 Å². The minimum Gasteiger partial charge on any atom is -0.488 e. The summed E-state index contributed by atoms with van der Waals surface area (Å²) in [5.74, 6) is 6.28. The van der Waals surface area contributed by atoms with Crippen molar-refractivity contribution in [1.29, 1.82) is 0 Å². The van der Waals surface area contributed by atoms with Gasteiger partial charge >= 0.3 is 6.09 Å². The first-order valence-electron chi connectivity index (χ1n) is 7.64. The van der Waals surface area contributed by atoms with Gasteiger partial charge in [-0.1, -0.05) is 11.8 Å². The van der Waals surface area contributed by atoms with Gasteiger partial charge in [0.25, 0.3) is 0 Å². The minimum atomic E-state index is -3.55. The van der Waals surface area contributed by atoms with E-state index in [9.17, 15) is 13.2 Å². The average Bonchev–Trinajstić information content (AvgIpc) is 2.62. The molecule has 1 heterocycles. The summed E-state index contributed by atoms with van der Waals surface area (Å²) >= 11 is 0. The normalized spacial score (nSPS) is 18.3. The molecule has 2 rings (SSSR count). The molecule has 1 aromatic carbocycles. The van der Waals surface area contributed by atoms with Crippen molar-refractivity contribution in [1.82, 2.24) is 10.0 Å². The van der Waals surface area contributed by atoms with Gasteiger partial charge in [-0.15, -0.1) is 0 Å². The molecule has 0 radical (unpaired) electrons. The van der Waals surface area contributed by atoms with Crippen LogP contribution in [0.15, 0.2) is 23.1 Å². The number of sulfonamides is 1. The highest BCUT2D eigenvalue weighted by atomic mass is 32.2. The van der Waals surface area contributed by atoms with E-state index in [0.29, 0.717) is 24.3 Å². The second kappa shape index (κ2) is 8.04. The monoisotopic (exact) mass is 352 g/mol. The van der Waals surface area contributed by atoms with Crippen LogP contribution in [-0.2, 0) is 10.0 Å². The second-order valence-electron chi connectivity index (χ2n) is 5.43. The van der Waals surface area contributed by atoms with E-state index >= 15 is 0 Å². The molecule has 0 fully saturated rings. The Labute approximate surface area is 141 Å². The molecule has 1 aliphatic heterocycles. The maximum absolute atomic E-state index is 12.1. The summed E-state index contributed by atoms with van der Waals surface area (Å²) in [4.78, 5) is 10.4. The van der Waals surface area contributed by atoms with Crippen molar-refractivity contribution >= 4 is 16.1 Å². The number of carboxylic acid groups (broad SMARTS) is 1. The van der Waals surface area contributed by atoms with E-state index in [1.165, 1.54) is 6.07 Å². The van der Waals surface area contributed by atoms with Gasteiger partial charge in [-0.05, 0) is 38.0 Å². The van der Waals surface area contributed by atoms with Gasteiger partial charge in [0, 0.05) is 25.1 Å². The lowest BCUT2D eigenvalue weighted by Gasteiger charge is -2.10. The lowest BCUT2D eigenvalue weighted by atomic mass is 10.2. The fraction of sp³-hybridized carbons (Fsp3) is 0.438. The number of nitrogens with one attached hydrogen (secondary N) is 2. The summed E-state index contributed by atoms with van der Waals surface area (Å²) in [7, 11) is -3.55. The molecule has 1 aromatic rings. The Kier molecular flexibility index (Phi) is 6.06. The molecule has 3 N–H and O–H groups in total. The largest absolute Gasteiger partial charge is 0.488 e. The Morgan fingerprint density at radius 3 is 3.00 bits per heavy atom. The molecule has 0 aliphatic carbocycles. The molecule has 130 valence electrons. The van der Waals surface area contributed by atoms with Crippen LogP contribution in [0, 0.1) is 11.8 Å². The van der Waals surface area contributed by atoms with E-state index in [1.54, 1.807) is 19.1 Å². The molecule has 24 heavy (non-hydrogen) atoms. The van der Waals surface area contributed by atoms with Crippen molar-refractivity contribution in [3.8, 4) is 17.6 Å². The van der Waals surface area contributed by atoms with Crippen molar-refractivity contribution in [2.75, 3.05) is 13.1 Å². The summed E-state index contributed by atoms with van der Waals surface area (Å²) in [6.07, 6.45) is 0.852.